The molecule has 1 aliphatic heterocycles. The molecule has 0 aromatic heterocycles. The molecule has 0 saturated carbocycles. The first kappa shape index (κ1) is 28.2. The molecule has 0 spiro atoms. The quantitative estimate of drug-likeness (QED) is 0.385. The summed E-state index contributed by atoms with van der Waals surface area (Å²) in [5.74, 6) is 0. The number of hydrogen-bond donors (Lipinski definition) is 3. The van der Waals surface area contributed by atoms with Gasteiger partial charge >= 0.3 is 0 Å². The maximum absolute atomic E-state index is 6.10. The molecule has 1 aliphatic rings. The van der Waals surface area contributed by atoms with Crippen LogP contribution in [0.1, 0.15) is 11.1 Å². The SMILES string of the molecule is CN1CCc2cc(Cl)cc(Cl)c2C1.CNCCOCCOCCN.Sc1ccccc1. The third-order valence-corrected chi connectivity index (χ3v) is 5.18. The molecule has 0 amide bonds. The van der Waals surface area contributed by atoms with Crippen molar-refractivity contribution in [2.24, 2.45) is 5.73 Å². The predicted octanol–water partition coefficient (Wildman–Crippen LogP) is 4.15. The van der Waals surface area contributed by atoms with Gasteiger partial charge in [0.05, 0.1) is 26.4 Å². The van der Waals surface area contributed by atoms with Crippen LogP contribution >= 0.6 is 35.8 Å². The fourth-order valence-corrected chi connectivity index (χ4v) is 3.49. The van der Waals surface area contributed by atoms with Gasteiger partial charge in [-0.2, -0.15) is 0 Å². The van der Waals surface area contributed by atoms with E-state index >= 15 is 0 Å². The van der Waals surface area contributed by atoms with Crippen molar-refractivity contribution in [1.29, 1.82) is 0 Å². The Morgan fingerprint density at radius 3 is 2.32 bits per heavy atom. The molecule has 174 valence electrons. The van der Waals surface area contributed by atoms with Crippen LogP contribution in [0.4, 0.5) is 0 Å². The number of benzene rings is 2. The molecule has 31 heavy (non-hydrogen) atoms. The van der Waals surface area contributed by atoms with Crippen LogP contribution in [0.3, 0.4) is 0 Å². The Kier molecular flexibility index (Phi) is 16.1. The summed E-state index contributed by atoms with van der Waals surface area (Å²) in [6.07, 6.45) is 1.05. The molecular weight excluding hydrogens is 453 g/mol. The number of ether oxygens (including phenoxy) is 2. The Bertz CT molecular complexity index is 715. The number of hydrogen-bond acceptors (Lipinski definition) is 6. The lowest BCUT2D eigenvalue weighted by Crippen LogP contribution is -2.26. The molecule has 1 heterocycles. The van der Waals surface area contributed by atoms with Gasteiger partial charge in [-0.15, -0.1) is 12.6 Å². The first-order valence-electron chi connectivity index (χ1n) is 10.4. The van der Waals surface area contributed by atoms with Gasteiger partial charge in [0, 0.05) is 41.1 Å². The number of rotatable bonds is 8. The summed E-state index contributed by atoms with van der Waals surface area (Å²) in [6, 6.07) is 13.6. The highest BCUT2D eigenvalue weighted by Crippen LogP contribution is 2.29. The summed E-state index contributed by atoms with van der Waals surface area (Å²) in [6.45, 7) is 6.14. The Balaban J connectivity index is 0.000000243. The van der Waals surface area contributed by atoms with E-state index in [1.807, 2.05) is 49.5 Å². The van der Waals surface area contributed by atoms with Gasteiger partial charge in [0.2, 0.25) is 0 Å². The van der Waals surface area contributed by atoms with Gasteiger partial charge in [0.15, 0.2) is 0 Å². The van der Waals surface area contributed by atoms with Gasteiger partial charge in [0.1, 0.15) is 0 Å². The molecule has 0 atom stereocenters. The Labute approximate surface area is 202 Å². The number of nitrogens with one attached hydrogen (secondary N) is 1. The van der Waals surface area contributed by atoms with E-state index < -0.39 is 0 Å². The number of nitrogens with two attached hydrogens (primary N) is 1. The summed E-state index contributed by atoms with van der Waals surface area (Å²) in [5, 5.41) is 4.53. The molecule has 3 N–H and O–H groups in total. The average molecular weight is 489 g/mol. The summed E-state index contributed by atoms with van der Waals surface area (Å²) in [4.78, 5) is 3.28. The number of halogens is 2. The van der Waals surface area contributed by atoms with Crippen molar-refractivity contribution in [3.05, 3.63) is 63.6 Å². The summed E-state index contributed by atoms with van der Waals surface area (Å²) < 4.78 is 10.3. The van der Waals surface area contributed by atoms with E-state index in [9.17, 15) is 0 Å². The fraction of sp³-hybridized carbons (Fsp3) is 0.478. The summed E-state index contributed by atoms with van der Waals surface area (Å²) in [5.41, 5.74) is 7.75. The van der Waals surface area contributed by atoms with E-state index in [2.05, 4.69) is 29.9 Å². The van der Waals surface area contributed by atoms with Gasteiger partial charge in [0.25, 0.3) is 0 Å². The number of likely N-dealkylation sites (N-methyl/N-ethyl adjacent to an activating group) is 2. The fourth-order valence-electron chi connectivity index (χ4n) is 2.72. The van der Waals surface area contributed by atoms with Gasteiger partial charge < -0.3 is 25.4 Å². The number of nitrogens with zero attached hydrogens (tertiary/aromatic N) is 1. The van der Waals surface area contributed by atoms with Crippen molar-refractivity contribution >= 4 is 35.8 Å². The molecule has 3 rings (SSSR count). The molecule has 0 aliphatic carbocycles. The van der Waals surface area contributed by atoms with Crippen LogP contribution < -0.4 is 11.1 Å². The average Bonchev–Trinajstić information content (AvgIpc) is 2.75. The van der Waals surface area contributed by atoms with Crippen LogP contribution in [0.15, 0.2) is 47.4 Å². The minimum Gasteiger partial charge on any atom is -0.378 e. The van der Waals surface area contributed by atoms with Crippen LogP contribution in [0.2, 0.25) is 10.0 Å². The topological polar surface area (TPSA) is 59.8 Å². The predicted molar refractivity (Wildman–Crippen MR) is 135 cm³/mol. The van der Waals surface area contributed by atoms with Gasteiger partial charge in [-0.3, -0.25) is 0 Å². The minimum absolute atomic E-state index is 0.580. The highest BCUT2D eigenvalue weighted by molar-refractivity contribution is 7.80. The largest absolute Gasteiger partial charge is 0.378 e. The third-order valence-electron chi connectivity index (χ3n) is 4.33. The van der Waals surface area contributed by atoms with E-state index in [4.69, 9.17) is 38.4 Å². The molecular formula is C23H35Cl2N3O2S. The van der Waals surface area contributed by atoms with Crippen LogP contribution in [-0.4, -0.2) is 65.1 Å². The summed E-state index contributed by atoms with van der Waals surface area (Å²) in [7, 11) is 4.00. The Morgan fingerprint density at radius 1 is 1.06 bits per heavy atom. The highest BCUT2D eigenvalue weighted by atomic mass is 35.5. The van der Waals surface area contributed by atoms with Crippen LogP contribution in [0.5, 0.6) is 0 Å². The van der Waals surface area contributed by atoms with Gasteiger partial charge in [-0.25, -0.2) is 0 Å². The maximum atomic E-state index is 6.10. The van der Waals surface area contributed by atoms with Crippen molar-refractivity contribution in [3.63, 3.8) is 0 Å². The minimum atomic E-state index is 0.580. The molecule has 2 aromatic rings. The molecule has 0 fully saturated rings. The van der Waals surface area contributed by atoms with Crippen molar-refractivity contribution in [1.82, 2.24) is 10.2 Å². The van der Waals surface area contributed by atoms with E-state index in [1.54, 1.807) is 0 Å². The standard InChI is InChI=1S/C10H11Cl2N.C7H18N2O2.C6H6S/c1-13-3-2-7-4-8(11)5-10(12)9(7)6-13;1-9-3-5-11-7-6-10-4-2-8;7-6-4-2-1-3-5-6/h4-5H,2-3,6H2,1H3;9H,2-8H2,1H3;1-5,7H. The third kappa shape index (κ3) is 13.3. The van der Waals surface area contributed by atoms with Crippen molar-refractivity contribution in [3.8, 4) is 0 Å². The molecule has 2 aromatic carbocycles. The summed E-state index contributed by atoms with van der Waals surface area (Å²) >= 11 is 16.1. The molecule has 5 nitrogen and oxygen atoms in total. The Morgan fingerprint density at radius 2 is 1.74 bits per heavy atom. The van der Waals surface area contributed by atoms with Gasteiger partial charge in [-0.05, 0) is 55.9 Å². The molecule has 0 radical (unpaired) electrons. The normalized spacial score (nSPS) is 12.8. The van der Waals surface area contributed by atoms with Crippen LogP contribution in [0, 0.1) is 0 Å². The molecule has 0 unspecified atom stereocenters. The molecule has 8 heteroatoms. The van der Waals surface area contributed by atoms with E-state index in [0.717, 1.165) is 47.6 Å². The zero-order valence-electron chi connectivity index (χ0n) is 18.4. The lowest BCUT2D eigenvalue weighted by Gasteiger charge is -2.25. The van der Waals surface area contributed by atoms with Crippen LogP contribution in [-0.2, 0) is 22.4 Å². The van der Waals surface area contributed by atoms with E-state index in [1.165, 1.54) is 11.1 Å². The first-order chi connectivity index (χ1) is 15.0. The smallest absolute Gasteiger partial charge is 0.0701 e. The Hall–Kier alpha value is -0.830. The first-order valence-corrected chi connectivity index (χ1v) is 11.6. The second kappa shape index (κ2) is 17.7. The van der Waals surface area contributed by atoms with Crippen molar-refractivity contribution < 1.29 is 9.47 Å². The number of thiol groups is 1. The van der Waals surface area contributed by atoms with Crippen molar-refractivity contribution in [2.45, 2.75) is 17.9 Å². The monoisotopic (exact) mass is 487 g/mol. The number of fused-ring (bicyclic) bond motifs is 1. The second-order valence-electron chi connectivity index (χ2n) is 6.97. The second-order valence-corrected chi connectivity index (χ2v) is 8.33. The lowest BCUT2D eigenvalue weighted by atomic mass is 10.0. The van der Waals surface area contributed by atoms with E-state index in [-0.39, 0.29) is 0 Å². The lowest BCUT2D eigenvalue weighted by molar-refractivity contribution is 0.0523. The molecule has 0 saturated heterocycles. The van der Waals surface area contributed by atoms with Crippen LogP contribution in [0.25, 0.3) is 0 Å². The highest BCUT2D eigenvalue weighted by Gasteiger charge is 2.16. The van der Waals surface area contributed by atoms with E-state index in [0.29, 0.717) is 26.4 Å². The zero-order valence-corrected chi connectivity index (χ0v) is 20.9. The van der Waals surface area contributed by atoms with Gasteiger partial charge in [-0.1, -0.05) is 41.4 Å². The van der Waals surface area contributed by atoms with Crippen molar-refractivity contribution in [2.75, 3.05) is 60.2 Å². The maximum Gasteiger partial charge on any atom is 0.0701 e. The zero-order chi connectivity index (χ0) is 22.9. The molecule has 0 bridgehead atoms.